The molecule has 4 nitrogen and oxygen atoms in total. The van der Waals surface area contributed by atoms with Gasteiger partial charge in [0, 0.05) is 55.8 Å². The molecule has 0 atom stereocenters. The number of thiazole rings is 1. The van der Waals surface area contributed by atoms with Crippen LogP contribution in [0, 0.1) is 0 Å². The van der Waals surface area contributed by atoms with Crippen LogP contribution in [0.1, 0.15) is 54.3 Å². The molecule has 1 aromatic rings. The Morgan fingerprint density at radius 1 is 1.32 bits per heavy atom. The Bertz CT molecular complexity index is 453. The first-order chi connectivity index (χ1) is 10.8. The van der Waals surface area contributed by atoms with Crippen molar-refractivity contribution in [3.05, 3.63) is 16.1 Å². The molecule has 2 aliphatic rings. The lowest BCUT2D eigenvalue weighted by atomic mass is 9.86. The molecule has 0 amide bonds. The molecule has 2 heterocycles. The summed E-state index contributed by atoms with van der Waals surface area (Å²) in [6.45, 7) is 4.77. The number of hydrogen-bond acceptors (Lipinski definition) is 5. The Kier molecular flexibility index (Phi) is 5.85. The zero-order valence-corrected chi connectivity index (χ0v) is 14.5. The average molecular weight is 324 g/mol. The number of likely N-dealkylation sites (tertiary alicyclic amines) is 1. The topological polar surface area (TPSA) is 39.6 Å². The lowest BCUT2D eigenvalue weighted by molar-refractivity contribution is 0.118. The third-order valence-corrected chi connectivity index (χ3v) is 6.40. The van der Waals surface area contributed by atoms with E-state index in [4.69, 9.17) is 5.11 Å². The Hall–Kier alpha value is -0.490. The van der Waals surface area contributed by atoms with Gasteiger partial charge in [0.2, 0.25) is 0 Å². The molecule has 3 rings (SSSR count). The molecule has 124 valence electrons. The van der Waals surface area contributed by atoms with Crippen LogP contribution in [0.4, 0.5) is 0 Å². The Morgan fingerprint density at radius 2 is 2.09 bits per heavy atom. The summed E-state index contributed by atoms with van der Waals surface area (Å²) >= 11 is 1.94. The Labute approximate surface area is 138 Å². The Morgan fingerprint density at radius 3 is 2.73 bits per heavy atom. The van der Waals surface area contributed by atoms with Crippen LogP contribution in [0.5, 0.6) is 0 Å². The van der Waals surface area contributed by atoms with E-state index in [1.807, 2.05) is 11.3 Å². The maximum atomic E-state index is 8.94. The van der Waals surface area contributed by atoms with Gasteiger partial charge in [-0.3, -0.25) is 4.90 Å². The van der Waals surface area contributed by atoms with Crippen molar-refractivity contribution in [1.82, 2.24) is 14.8 Å². The van der Waals surface area contributed by atoms with Gasteiger partial charge < -0.3 is 10.0 Å². The van der Waals surface area contributed by atoms with E-state index in [9.17, 15) is 0 Å². The lowest BCUT2D eigenvalue weighted by Gasteiger charge is -2.36. The second kappa shape index (κ2) is 7.86. The first-order valence-corrected chi connectivity index (χ1v) is 9.56. The van der Waals surface area contributed by atoms with Gasteiger partial charge in [0.1, 0.15) is 0 Å². The number of hydrogen-bond donors (Lipinski definition) is 1. The molecular formula is C17H29N3OS. The van der Waals surface area contributed by atoms with Crippen LogP contribution in [0.25, 0.3) is 0 Å². The van der Waals surface area contributed by atoms with Crippen molar-refractivity contribution in [2.24, 2.45) is 0 Å². The van der Waals surface area contributed by atoms with Crippen molar-refractivity contribution in [3.8, 4) is 0 Å². The molecule has 0 unspecified atom stereocenters. The second-order valence-electron chi connectivity index (χ2n) is 6.86. The van der Waals surface area contributed by atoms with Gasteiger partial charge in [0.25, 0.3) is 0 Å². The normalized spacial score (nSPS) is 21.4. The monoisotopic (exact) mass is 323 g/mol. The third-order valence-electron chi connectivity index (χ3n) is 5.25. The molecule has 1 aromatic heterocycles. The third kappa shape index (κ3) is 4.07. The van der Waals surface area contributed by atoms with Crippen LogP contribution in [-0.2, 0) is 6.54 Å². The smallest absolute Gasteiger partial charge is 0.0959 e. The summed E-state index contributed by atoms with van der Waals surface area (Å²) in [5.41, 5.74) is 0. The fraction of sp³-hybridized carbons (Fsp3) is 0.824. The Balaban J connectivity index is 1.42. The van der Waals surface area contributed by atoms with Crippen LogP contribution in [0.15, 0.2) is 6.20 Å². The maximum absolute atomic E-state index is 8.94. The number of aromatic nitrogens is 1. The molecule has 1 aliphatic heterocycles. The molecule has 0 spiro atoms. The van der Waals surface area contributed by atoms with Gasteiger partial charge in [-0.25, -0.2) is 4.98 Å². The first-order valence-electron chi connectivity index (χ1n) is 8.74. The summed E-state index contributed by atoms with van der Waals surface area (Å²) in [7, 11) is 2.20. The average Bonchev–Trinajstić information content (AvgIpc) is 2.91. The molecule has 5 heteroatoms. The predicted octanol–water partition coefficient (Wildman–Crippen LogP) is 2.69. The van der Waals surface area contributed by atoms with E-state index in [0.29, 0.717) is 12.6 Å². The predicted molar refractivity (Wildman–Crippen MR) is 91.3 cm³/mol. The first kappa shape index (κ1) is 16.4. The SMILES string of the molecule is CN(CCCO)C1CCN(Cc2cnc(C3CCC3)s2)CC1. The summed E-state index contributed by atoms with van der Waals surface area (Å²) in [5.74, 6) is 0.768. The van der Waals surface area contributed by atoms with Gasteiger partial charge in [-0.05, 0) is 39.2 Å². The van der Waals surface area contributed by atoms with Crippen LogP contribution >= 0.6 is 11.3 Å². The summed E-state index contributed by atoms with van der Waals surface area (Å²) in [6, 6.07) is 0.690. The standard InChI is InChI=1S/C17H29N3OS/c1-19(8-3-11-21)15-6-9-20(10-7-15)13-16-12-18-17(22-16)14-4-2-5-14/h12,14-15,21H,2-11,13H2,1H3. The van der Waals surface area contributed by atoms with Gasteiger partial charge >= 0.3 is 0 Å². The van der Waals surface area contributed by atoms with Crippen LogP contribution in [0.3, 0.4) is 0 Å². The van der Waals surface area contributed by atoms with Gasteiger partial charge in [0.05, 0.1) is 5.01 Å². The van der Waals surface area contributed by atoms with E-state index in [-0.39, 0.29) is 0 Å². The minimum atomic E-state index is 0.303. The number of aliphatic hydroxyl groups is 1. The maximum Gasteiger partial charge on any atom is 0.0959 e. The van der Waals surface area contributed by atoms with E-state index < -0.39 is 0 Å². The highest BCUT2D eigenvalue weighted by atomic mass is 32.1. The minimum Gasteiger partial charge on any atom is -0.396 e. The van der Waals surface area contributed by atoms with E-state index >= 15 is 0 Å². The van der Waals surface area contributed by atoms with E-state index in [2.05, 4.69) is 28.0 Å². The largest absolute Gasteiger partial charge is 0.396 e. The fourth-order valence-electron chi connectivity index (χ4n) is 3.48. The number of piperidine rings is 1. The highest BCUT2D eigenvalue weighted by Gasteiger charge is 2.25. The molecule has 2 fully saturated rings. The molecule has 1 N–H and O–H groups in total. The molecule has 22 heavy (non-hydrogen) atoms. The van der Waals surface area contributed by atoms with Crippen molar-refractivity contribution in [3.63, 3.8) is 0 Å². The van der Waals surface area contributed by atoms with E-state index in [1.54, 1.807) is 0 Å². The molecule has 1 aliphatic carbocycles. The van der Waals surface area contributed by atoms with Crippen LogP contribution in [0.2, 0.25) is 0 Å². The quantitative estimate of drug-likeness (QED) is 0.837. The molecule has 0 radical (unpaired) electrons. The summed E-state index contributed by atoms with van der Waals surface area (Å²) < 4.78 is 0. The van der Waals surface area contributed by atoms with Crippen molar-refractivity contribution in [2.75, 3.05) is 33.3 Å². The van der Waals surface area contributed by atoms with Gasteiger partial charge in [-0.1, -0.05) is 6.42 Å². The molecule has 0 aromatic carbocycles. The van der Waals surface area contributed by atoms with Crippen molar-refractivity contribution < 1.29 is 5.11 Å². The van der Waals surface area contributed by atoms with Crippen molar-refractivity contribution in [1.29, 1.82) is 0 Å². The number of nitrogens with zero attached hydrogens (tertiary/aromatic N) is 3. The highest BCUT2D eigenvalue weighted by Crippen LogP contribution is 2.38. The fourth-order valence-corrected chi connectivity index (χ4v) is 4.61. The second-order valence-corrected chi connectivity index (χ2v) is 8.00. The van der Waals surface area contributed by atoms with E-state index in [0.717, 1.165) is 25.4 Å². The summed E-state index contributed by atoms with van der Waals surface area (Å²) in [6.07, 6.45) is 9.57. The van der Waals surface area contributed by atoms with Gasteiger partial charge in [-0.2, -0.15) is 0 Å². The molecule has 1 saturated carbocycles. The zero-order valence-electron chi connectivity index (χ0n) is 13.7. The zero-order chi connectivity index (χ0) is 15.4. The summed E-state index contributed by atoms with van der Waals surface area (Å²) in [4.78, 5) is 11.1. The van der Waals surface area contributed by atoms with E-state index in [1.165, 1.54) is 55.1 Å². The van der Waals surface area contributed by atoms with Gasteiger partial charge in [-0.15, -0.1) is 11.3 Å². The highest BCUT2D eigenvalue weighted by molar-refractivity contribution is 7.11. The van der Waals surface area contributed by atoms with Crippen molar-refractivity contribution in [2.45, 2.75) is 57.0 Å². The van der Waals surface area contributed by atoms with Crippen LogP contribution in [-0.4, -0.2) is 59.2 Å². The van der Waals surface area contributed by atoms with Crippen LogP contribution < -0.4 is 0 Å². The van der Waals surface area contributed by atoms with Gasteiger partial charge in [0.15, 0.2) is 0 Å². The summed E-state index contributed by atoms with van der Waals surface area (Å²) in [5, 5.41) is 10.3. The number of aliphatic hydroxyl groups excluding tert-OH is 1. The molecule has 0 bridgehead atoms. The van der Waals surface area contributed by atoms with Crippen molar-refractivity contribution >= 4 is 11.3 Å². The lowest BCUT2D eigenvalue weighted by Crippen LogP contribution is -2.43. The number of rotatable bonds is 7. The molecule has 1 saturated heterocycles. The minimum absolute atomic E-state index is 0.303. The molecular weight excluding hydrogens is 294 g/mol.